The van der Waals surface area contributed by atoms with Crippen molar-refractivity contribution in [2.45, 2.75) is 13.3 Å². The van der Waals surface area contributed by atoms with Gasteiger partial charge in [-0.3, -0.25) is 30.3 Å². The molecule has 0 spiro atoms. The predicted molar refractivity (Wildman–Crippen MR) is 85.5 cm³/mol. The van der Waals surface area contributed by atoms with E-state index in [4.69, 9.17) is 0 Å². The minimum absolute atomic E-state index is 0.396. The zero-order valence-corrected chi connectivity index (χ0v) is 12.5. The molecule has 124 valence electrons. The van der Waals surface area contributed by atoms with E-state index in [0.717, 1.165) is 12.0 Å². The van der Waals surface area contributed by atoms with E-state index in [1.165, 1.54) is 0 Å². The second-order valence-corrected chi connectivity index (χ2v) is 4.81. The van der Waals surface area contributed by atoms with Crippen LogP contribution in [0.1, 0.15) is 12.5 Å². The van der Waals surface area contributed by atoms with Crippen LogP contribution in [0.5, 0.6) is 0 Å². The third kappa shape index (κ3) is 3.43. The molecule has 0 bridgehead atoms. The van der Waals surface area contributed by atoms with Crippen LogP contribution in [0.15, 0.2) is 36.4 Å². The van der Waals surface area contributed by atoms with E-state index in [1.54, 1.807) is 24.3 Å². The number of nitrogens with zero attached hydrogens (tertiary/aromatic N) is 3. The first kappa shape index (κ1) is 16.8. The highest BCUT2D eigenvalue weighted by molar-refractivity contribution is 5.81. The summed E-state index contributed by atoms with van der Waals surface area (Å²) in [5.41, 5.74) is -1.19. The van der Waals surface area contributed by atoms with Crippen molar-refractivity contribution >= 4 is 28.4 Å². The predicted octanol–water partition coefficient (Wildman–Crippen LogP) is 3.72. The lowest BCUT2D eigenvalue weighted by Gasteiger charge is -2.08. The molecular formula is C14H12N4O6. The Morgan fingerprint density at radius 1 is 0.875 bits per heavy atom. The van der Waals surface area contributed by atoms with Crippen LogP contribution in [-0.4, -0.2) is 14.8 Å². The summed E-state index contributed by atoms with van der Waals surface area (Å²) in [6.07, 6.45) is 0.790. The lowest BCUT2D eigenvalue weighted by atomic mass is 10.1. The van der Waals surface area contributed by atoms with Crippen LogP contribution in [0.2, 0.25) is 0 Å². The first-order valence-electron chi connectivity index (χ1n) is 6.80. The fourth-order valence-corrected chi connectivity index (χ4v) is 2.09. The minimum Gasteiger partial charge on any atom is -0.344 e. The van der Waals surface area contributed by atoms with Crippen LogP contribution < -0.4 is 5.32 Å². The average Bonchev–Trinajstić information content (AvgIpc) is 2.54. The normalized spacial score (nSPS) is 10.2. The number of nitro groups is 3. The van der Waals surface area contributed by atoms with Crippen molar-refractivity contribution in [1.29, 1.82) is 0 Å². The van der Waals surface area contributed by atoms with Gasteiger partial charge in [-0.05, 0) is 24.1 Å². The Bertz CT molecular complexity index is 784. The summed E-state index contributed by atoms with van der Waals surface area (Å²) in [7, 11) is 0. The number of rotatable bonds is 6. The molecular weight excluding hydrogens is 320 g/mol. The van der Waals surface area contributed by atoms with Gasteiger partial charge in [-0.2, -0.15) is 0 Å². The van der Waals surface area contributed by atoms with E-state index in [2.05, 4.69) is 5.32 Å². The van der Waals surface area contributed by atoms with E-state index in [1.807, 2.05) is 6.92 Å². The number of hydrogen-bond donors (Lipinski definition) is 1. The fourth-order valence-electron chi connectivity index (χ4n) is 2.09. The molecule has 0 heterocycles. The molecule has 10 heteroatoms. The average molecular weight is 332 g/mol. The summed E-state index contributed by atoms with van der Waals surface area (Å²) < 4.78 is 0. The summed E-state index contributed by atoms with van der Waals surface area (Å²) in [6, 6.07) is 8.16. The summed E-state index contributed by atoms with van der Waals surface area (Å²) in [4.78, 5) is 30.5. The molecule has 0 aliphatic carbocycles. The van der Waals surface area contributed by atoms with E-state index < -0.39 is 37.5 Å². The largest absolute Gasteiger partial charge is 0.344 e. The minimum atomic E-state index is -0.917. The van der Waals surface area contributed by atoms with Gasteiger partial charge in [0, 0.05) is 5.69 Å². The van der Waals surface area contributed by atoms with Crippen molar-refractivity contribution < 1.29 is 14.8 Å². The molecule has 0 amide bonds. The molecule has 0 saturated heterocycles. The summed E-state index contributed by atoms with van der Waals surface area (Å²) in [5, 5.41) is 35.8. The highest BCUT2D eigenvalue weighted by Crippen LogP contribution is 2.39. The van der Waals surface area contributed by atoms with Crippen LogP contribution in [0.3, 0.4) is 0 Å². The van der Waals surface area contributed by atoms with E-state index >= 15 is 0 Å². The van der Waals surface area contributed by atoms with Gasteiger partial charge in [-0.1, -0.05) is 19.1 Å². The second-order valence-electron chi connectivity index (χ2n) is 4.81. The second kappa shape index (κ2) is 6.69. The zero-order valence-electron chi connectivity index (χ0n) is 12.5. The highest BCUT2D eigenvalue weighted by atomic mass is 16.6. The summed E-state index contributed by atoms with van der Waals surface area (Å²) in [5.74, 6) is 0. The van der Waals surface area contributed by atoms with Crippen molar-refractivity contribution in [3.05, 3.63) is 72.3 Å². The summed E-state index contributed by atoms with van der Waals surface area (Å²) in [6.45, 7) is 1.95. The Kier molecular flexibility index (Phi) is 4.68. The Morgan fingerprint density at radius 2 is 1.38 bits per heavy atom. The van der Waals surface area contributed by atoms with Crippen LogP contribution >= 0.6 is 0 Å². The Labute approximate surface area is 135 Å². The fraction of sp³-hybridized carbons (Fsp3) is 0.143. The molecule has 2 rings (SSSR count). The van der Waals surface area contributed by atoms with Crippen molar-refractivity contribution in [3.8, 4) is 0 Å². The maximum absolute atomic E-state index is 11.2. The maximum atomic E-state index is 11.2. The van der Waals surface area contributed by atoms with Gasteiger partial charge in [-0.15, -0.1) is 0 Å². The first-order valence-corrected chi connectivity index (χ1v) is 6.80. The lowest BCUT2D eigenvalue weighted by Crippen LogP contribution is -2.03. The van der Waals surface area contributed by atoms with Crippen molar-refractivity contribution in [3.63, 3.8) is 0 Å². The Hall–Kier alpha value is -3.56. The Balaban J connectivity index is 2.58. The number of anilines is 2. The zero-order chi connectivity index (χ0) is 17.9. The van der Waals surface area contributed by atoms with Gasteiger partial charge < -0.3 is 5.32 Å². The number of benzene rings is 2. The molecule has 0 aliphatic heterocycles. The number of aryl methyl sites for hydroxylation is 1. The smallest absolute Gasteiger partial charge is 0.306 e. The van der Waals surface area contributed by atoms with Crippen LogP contribution in [-0.2, 0) is 6.42 Å². The van der Waals surface area contributed by atoms with E-state index in [0.29, 0.717) is 17.8 Å². The van der Waals surface area contributed by atoms with Gasteiger partial charge in [-0.25, -0.2) is 0 Å². The molecule has 24 heavy (non-hydrogen) atoms. The summed E-state index contributed by atoms with van der Waals surface area (Å²) >= 11 is 0. The van der Waals surface area contributed by atoms with Gasteiger partial charge in [0.15, 0.2) is 5.69 Å². The molecule has 2 aromatic rings. The molecule has 0 aromatic heterocycles. The number of nitro benzene ring substituents is 3. The molecule has 0 saturated carbocycles. The number of nitrogens with one attached hydrogen (secondary N) is 1. The quantitative estimate of drug-likeness (QED) is 0.627. The standard InChI is InChI=1S/C14H12N4O6/c1-2-9-3-5-10(6-4-9)15-14-12(17(21)22)7-11(16(19)20)8-13(14)18(23)24/h3-8,15H,2H2,1H3. The SMILES string of the molecule is CCc1ccc(Nc2c([N+](=O)[O-])cc([N+](=O)[O-])cc2[N+](=O)[O-])cc1. The molecule has 0 atom stereocenters. The first-order chi connectivity index (χ1) is 11.3. The van der Waals surface area contributed by atoms with Gasteiger partial charge in [0.25, 0.3) is 5.69 Å². The molecule has 0 unspecified atom stereocenters. The third-order valence-electron chi connectivity index (χ3n) is 3.32. The molecule has 1 N–H and O–H groups in total. The van der Waals surface area contributed by atoms with Gasteiger partial charge in [0.1, 0.15) is 0 Å². The van der Waals surface area contributed by atoms with Crippen molar-refractivity contribution in [2.24, 2.45) is 0 Å². The lowest BCUT2D eigenvalue weighted by molar-refractivity contribution is -0.401. The molecule has 0 aliphatic rings. The van der Waals surface area contributed by atoms with Gasteiger partial charge in [0.2, 0.25) is 0 Å². The maximum Gasteiger partial charge on any atom is 0.306 e. The molecule has 0 radical (unpaired) electrons. The van der Waals surface area contributed by atoms with Crippen molar-refractivity contribution in [2.75, 3.05) is 5.32 Å². The highest BCUT2D eigenvalue weighted by Gasteiger charge is 2.30. The van der Waals surface area contributed by atoms with Gasteiger partial charge >= 0.3 is 11.4 Å². The van der Waals surface area contributed by atoms with Crippen LogP contribution in [0, 0.1) is 30.3 Å². The number of non-ortho nitro benzene ring substituents is 1. The monoisotopic (exact) mass is 332 g/mol. The van der Waals surface area contributed by atoms with Gasteiger partial charge in [0.05, 0.1) is 26.9 Å². The number of hydrogen-bond acceptors (Lipinski definition) is 7. The molecule has 0 fully saturated rings. The van der Waals surface area contributed by atoms with E-state index in [9.17, 15) is 30.3 Å². The Morgan fingerprint density at radius 3 is 1.75 bits per heavy atom. The molecule has 2 aromatic carbocycles. The van der Waals surface area contributed by atoms with Crippen LogP contribution in [0.4, 0.5) is 28.4 Å². The van der Waals surface area contributed by atoms with Crippen molar-refractivity contribution in [1.82, 2.24) is 0 Å². The topological polar surface area (TPSA) is 141 Å². The molecule has 10 nitrogen and oxygen atoms in total. The third-order valence-corrected chi connectivity index (χ3v) is 3.32. The van der Waals surface area contributed by atoms with E-state index in [-0.39, 0.29) is 0 Å². The van der Waals surface area contributed by atoms with Crippen LogP contribution in [0.25, 0.3) is 0 Å².